The molecule has 3 aromatic rings. The minimum atomic E-state index is -0.0737. The molecule has 4 nitrogen and oxygen atoms in total. The third kappa shape index (κ3) is 2.36. The normalized spacial score (nSPS) is 13.0. The van der Waals surface area contributed by atoms with Gasteiger partial charge >= 0.3 is 0 Å². The van der Waals surface area contributed by atoms with Crippen molar-refractivity contribution in [2.45, 2.75) is 13.2 Å². The van der Waals surface area contributed by atoms with Crippen LogP contribution < -0.4 is 0 Å². The van der Waals surface area contributed by atoms with E-state index in [1.165, 1.54) is 0 Å². The molecular weight excluding hydrogens is 310 g/mol. The maximum absolute atomic E-state index is 9.61. The summed E-state index contributed by atoms with van der Waals surface area (Å²) in [5.74, 6) is 0.809. The van der Waals surface area contributed by atoms with Crippen molar-refractivity contribution in [1.29, 1.82) is 0 Å². The number of halogens is 1. The second kappa shape index (κ2) is 5.65. The maximum atomic E-state index is 9.61. The zero-order chi connectivity index (χ0) is 15.8. The van der Waals surface area contributed by atoms with Crippen molar-refractivity contribution >= 4 is 17.3 Å². The first-order valence-corrected chi connectivity index (χ1v) is 7.72. The zero-order valence-electron chi connectivity index (χ0n) is 12.3. The van der Waals surface area contributed by atoms with E-state index in [0.29, 0.717) is 11.6 Å². The Bertz CT molecular complexity index is 900. The van der Waals surface area contributed by atoms with Crippen LogP contribution in [0.2, 0.25) is 5.02 Å². The number of imidazole rings is 1. The third-order valence-electron chi connectivity index (χ3n) is 3.95. The van der Waals surface area contributed by atoms with Gasteiger partial charge in [-0.05, 0) is 18.2 Å². The summed E-state index contributed by atoms with van der Waals surface area (Å²) in [4.78, 5) is 9.16. The second-order valence-electron chi connectivity index (χ2n) is 5.35. The largest absolute Gasteiger partial charge is 0.390 e. The smallest absolute Gasteiger partial charge is 0.135 e. The lowest BCUT2D eigenvalue weighted by molar-refractivity contribution is 0.274. The summed E-state index contributed by atoms with van der Waals surface area (Å²) in [6, 6.07) is 15.7. The van der Waals surface area contributed by atoms with Crippen LogP contribution in [0.25, 0.3) is 5.69 Å². The first-order valence-electron chi connectivity index (χ1n) is 7.34. The van der Waals surface area contributed by atoms with Crippen molar-refractivity contribution in [3.05, 3.63) is 82.4 Å². The van der Waals surface area contributed by atoms with Crippen molar-refractivity contribution in [3.8, 4) is 5.69 Å². The van der Waals surface area contributed by atoms with Gasteiger partial charge in [0.1, 0.15) is 5.82 Å². The Balaban J connectivity index is 2.00. The molecule has 114 valence electrons. The van der Waals surface area contributed by atoms with Gasteiger partial charge in [-0.15, -0.1) is 0 Å². The summed E-state index contributed by atoms with van der Waals surface area (Å²) < 4.78 is 1.96. The van der Waals surface area contributed by atoms with E-state index < -0.39 is 0 Å². The molecule has 0 spiro atoms. The Labute approximate surface area is 138 Å². The fourth-order valence-corrected chi connectivity index (χ4v) is 3.09. The van der Waals surface area contributed by atoms with Crippen LogP contribution in [0.4, 0.5) is 0 Å². The molecule has 1 aromatic heterocycles. The van der Waals surface area contributed by atoms with Gasteiger partial charge in [0, 0.05) is 16.1 Å². The minimum Gasteiger partial charge on any atom is -0.390 e. The van der Waals surface area contributed by atoms with Gasteiger partial charge in [0.15, 0.2) is 0 Å². The Morgan fingerprint density at radius 3 is 2.74 bits per heavy atom. The van der Waals surface area contributed by atoms with Gasteiger partial charge in [-0.25, -0.2) is 4.98 Å². The molecular formula is C18H14ClN3O. The molecule has 0 bridgehead atoms. The number of nitrogens with zero attached hydrogens (tertiary/aromatic N) is 3. The number of fused-ring (bicyclic) bond motifs is 3. The highest BCUT2D eigenvalue weighted by atomic mass is 35.5. The minimum absolute atomic E-state index is 0.0737. The molecule has 2 heterocycles. The molecule has 1 aliphatic heterocycles. The van der Waals surface area contributed by atoms with Crippen LogP contribution in [0.3, 0.4) is 0 Å². The lowest BCUT2D eigenvalue weighted by Gasteiger charge is -2.14. The van der Waals surface area contributed by atoms with Crippen LogP contribution in [0, 0.1) is 0 Å². The highest BCUT2D eigenvalue weighted by Crippen LogP contribution is 2.28. The summed E-state index contributed by atoms with van der Waals surface area (Å²) in [5.41, 5.74) is 4.54. The van der Waals surface area contributed by atoms with Crippen LogP contribution in [0.15, 0.2) is 59.7 Å². The highest BCUT2D eigenvalue weighted by molar-refractivity contribution is 6.31. The molecule has 0 aliphatic carbocycles. The molecule has 4 rings (SSSR count). The molecule has 0 atom stereocenters. The van der Waals surface area contributed by atoms with Crippen LogP contribution in [0.5, 0.6) is 0 Å². The Morgan fingerprint density at radius 1 is 1.13 bits per heavy atom. The quantitative estimate of drug-likeness (QED) is 0.786. The summed E-state index contributed by atoms with van der Waals surface area (Å²) in [6.45, 7) is 0.381. The number of aliphatic hydroxyl groups is 1. The van der Waals surface area contributed by atoms with Crippen LogP contribution in [0.1, 0.15) is 22.6 Å². The van der Waals surface area contributed by atoms with Crippen molar-refractivity contribution in [3.63, 3.8) is 0 Å². The number of benzene rings is 2. The van der Waals surface area contributed by atoms with Crippen LogP contribution >= 0.6 is 11.6 Å². The molecule has 0 fully saturated rings. The van der Waals surface area contributed by atoms with E-state index in [-0.39, 0.29) is 6.61 Å². The van der Waals surface area contributed by atoms with Gasteiger partial charge in [-0.3, -0.25) is 9.56 Å². The highest BCUT2D eigenvalue weighted by Gasteiger charge is 2.21. The summed E-state index contributed by atoms with van der Waals surface area (Å²) in [5, 5.41) is 10.3. The molecule has 1 aliphatic rings. The van der Waals surface area contributed by atoms with E-state index in [4.69, 9.17) is 16.6 Å². The van der Waals surface area contributed by atoms with Crippen molar-refractivity contribution in [2.75, 3.05) is 0 Å². The number of aliphatic imine (C=N–C) groups is 1. The fourth-order valence-electron chi connectivity index (χ4n) is 2.92. The molecule has 5 heteroatoms. The number of rotatable bonds is 2. The molecule has 1 N–H and O–H groups in total. The monoisotopic (exact) mass is 323 g/mol. The fraction of sp³-hybridized carbons (Fsp3) is 0.111. The maximum Gasteiger partial charge on any atom is 0.135 e. The number of hydrogen-bond donors (Lipinski definition) is 1. The number of hydrogen-bond acceptors (Lipinski definition) is 3. The molecule has 0 saturated heterocycles. The van der Waals surface area contributed by atoms with Gasteiger partial charge in [-0.2, -0.15) is 0 Å². The van der Waals surface area contributed by atoms with Crippen LogP contribution in [-0.4, -0.2) is 20.4 Å². The van der Waals surface area contributed by atoms with Gasteiger partial charge in [0.05, 0.1) is 36.4 Å². The first-order chi connectivity index (χ1) is 11.3. The predicted molar refractivity (Wildman–Crippen MR) is 90.3 cm³/mol. The van der Waals surface area contributed by atoms with E-state index in [0.717, 1.165) is 34.0 Å². The predicted octanol–water partition coefficient (Wildman–Crippen LogP) is 3.37. The van der Waals surface area contributed by atoms with Gasteiger partial charge in [0.2, 0.25) is 0 Å². The zero-order valence-corrected chi connectivity index (χ0v) is 13.0. The Hall–Kier alpha value is -2.43. The van der Waals surface area contributed by atoms with Crippen LogP contribution in [-0.2, 0) is 13.2 Å². The van der Waals surface area contributed by atoms with Gasteiger partial charge < -0.3 is 5.11 Å². The Kier molecular flexibility index (Phi) is 3.48. The summed E-state index contributed by atoms with van der Waals surface area (Å²) >= 11 is 6.23. The molecule has 0 amide bonds. The molecule has 0 unspecified atom stereocenters. The lowest BCUT2D eigenvalue weighted by atomic mass is 10.0. The molecule has 23 heavy (non-hydrogen) atoms. The third-order valence-corrected chi connectivity index (χ3v) is 4.19. The first kappa shape index (κ1) is 14.2. The van der Waals surface area contributed by atoms with Crippen molar-refractivity contribution in [1.82, 2.24) is 9.55 Å². The topological polar surface area (TPSA) is 50.4 Å². The molecule has 0 saturated carbocycles. The van der Waals surface area contributed by atoms with E-state index in [9.17, 15) is 5.11 Å². The lowest BCUT2D eigenvalue weighted by Crippen LogP contribution is -2.09. The average molecular weight is 324 g/mol. The van der Waals surface area contributed by atoms with E-state index in [1.807, 2.05) is 53.1 Å². The average Bonchev–Trinajstić information content (AvgIpc) is 2.92. The molecule has 2 aromatic carbocycles. The Morgan fingerprint density at radius 2 is 1.96 bits per heavy atom. The van der Waals surface area contributed by atoms with Gasteiger partial charge in [-0.1, -0.05) is 41.9 Å². The van der Waals surface area contributed by atoms with E-state index in [2.05, 4.69) is 4.98 Å². The number of aliphatic hydroxyl groups excluding tert-OH is 1. The van der Waals surface area contributed by atoms with Gasteiger partial charge in [0.25, 0.3) is 0 Å². The van der Waals surface area contributed by atoms with E-state index in [1.54, 1.807) is 6.20 Å². The SMILES string of the molecule is OCc1cnc2n1-c1ccc(Cl)cc1C(c1ccccc1)=NC2. The standard InChI is InChI=1S/C18H14ClN3O/c19-13-6-7-16-15(8-13)18(12-4-2-1-3-5-12)21-10-17-20-9-14(11-23)22(16)17/h1-9,23H,10-11H2. The van der Waals surface area contributed by atoms with Crippen molar-refractivity contribution in [2.24, 2.45) is 4.99 Å². The summed E-state index contributed by atoms with van der Waals surface area (Å²) in [7, 11) is 0. The second-order valence-corrected chi connectivity index (χ2v) is 5.79. The number of aromatic nitrogens is 2. The van der Waals surface area contributed by atoms with E-state index >= 15 is 0 Å². The molecule has 0 radical (unpaired) electrons. The van der Waals surface area contributed by atoms with Crippen molar-refractivity contribution < 1.29 is 5.11 Å². The summed E-state index contributed by atoms with van der Waals surface area (Å²) in [6.07, 6.45) is 1.69.